The molecular weight excluding hydrogens is 465 g/mol. The van der Waals surface area contributed by atoms with E-state index >= 15 is 0 Å². The van der Waals surface area contributed by atoms with Gasteiger partial charge in [-0.05, 0) is 43.2 Å². The molecule has 10 heteroatoms. The average Bonchev–Trinajstić information content (AvgIpc) is 3.30. The molecule has 4 rings (SSSR count). The van der Waals surface area contributed by atoms with Gasteiger partial charge in [0.05, 0.1) is 25.7 Å². The summed E-state index contributed by atoms with van der Waals surface area (Å²) in [5.74, 6) is -1.39. The van der Waals surface area contributed by atoms with E-state index in [9.17, 15) is 18.8 Å². The number of hydrogen-bond donors (Lipinski definition) is 2. The minimum atomic E-state index is -1.20. The zero-order chi connectivity index (χ0) is 25.9. The van der Waals surface area contributed by atoms with Gasteiger partial charge in [-0.2, -0.15) is 0 Å². The first kappa shape index (κ1) is 24.9. The first-order valence-electron chi connectivity index (χ1n) is 11.6. The molecular formula is C26H28FN5O4. The molecule has 0 saturated carbocycles. The summed E-state index contributed by atoms with van der Waals surface area (Å²) < 4.78 is 20.7. The van der Waals surface area contributed by atoms with Crippen LogP contribution in [0.5, 0.6) is 5.75 Å². The number of carbonyl (C=O) groups excluding carboxylic acids is 3. The lowest BCUT2D eigenvalue weighted by molar-refractivity contribution is -0.133. The molecule has 2 N–H and O–H groups in total. The molecule has 0 aliphatic carbocycles. The number of fused-ring (bicyclic) bond motifs is 1. The molecule has 0 radical (unpaired) electrons. The number of rotatable bonds is 8. The number of benzene rings is 2. The van der Waals surface area contributed by atoms with E-state index in [1.165, 1.54) is 34.0 Å². The Hall–Kier alpha value is -4.21. The molecule has 0 saturated heterocycles. The number of amides is 3. The summed E-state index contributed by atoms with van der Waals surface area (Å²) in [7, 11) is 1.58. The van der Waals surface area contributed by atoms with Gasteiger partial charge < -0.3 is 24.8 Å². The second kappa shape index (κ2) is 10.2. The van der Waals surface area contributed by atoms with E-state index < -0.39 is 23.2 Å². The van der Waals surface area contributed by atoms with Gasteiger partial charge in [0.15, 0.2) is 5.69 Å². The van der Waals surface area contributed by atoms with Crippen molar-refractivity contribution in [3.63, 3.8) is 0 Å². The highest BCUT2D eigenvalue weighted by Gasteiger charge is 2.48. The highest BCUT2D eigenvalue weighted by molar-refractivity contribution is 6.11. The largest absolute Gasteiger partial charge is 0.497 e. The van der Waals surface area contributed by atoms with Crippen LogP contribution in [0.3, 0.4) is 0 Å². The van der Waals surface area contributed by atoms with Crippen LogP contribution in [0.2, 0.25) is 0 Å². The van der Waals surface area contributed by atoms with Crippen LogP contribution in [0.4, 0.5) is 10.1 Å². The van der Waals surface area contributed by atoms with Crippen LogP contribution in [0, 0.1) is 5.82 Å². The number of anilines is 1. The lowest BCUT2D eigenvalue weighted by atomic mass is 9.93. The summed E-state index contributed by atoms with van der Waals surface area (Å²) in [6.45, 7) is 4.31. The molecule has 36 heavy (non-hydrogen) atoms. The van der Waals surface area contributed by atoms with Gasteiger partial charge in [-0.15, -0.1) is 0 Å². The second-order valence-corrected chi connectivity index (χ2v) is 8.77. The smallest absolute Gasteiger partial charge is 0.276 e. The molecule has 1 aliphatic rings. The van der Waals surface area contributed by atoms with Gasteiger partial charge in [-0.3, -0.25) is 14.4 Å². The summed E-state index contributed by atoms with van der Waals surface area (Å²) in [4.78, 5) is 45.5. The Morgan fingerprint density at radius 2 is 1.89 bits per heavy atom. The quantitative estimate of drug-likeness (QED) is 0.501. The fraction of sp³-hybridized carbons (Fsp3) is 0.308. The van der Waals surface area contributed by atoms with E-state index in [1.807, 2.05) is 31.2 Å². The topological polar surface area (TPSA) is 106 Å². The number of aromatic nitrogens is 2. The Labute approximate surface area is 208 Å². The van der Waals surface area contributed by atoms with E-state index in [0.717, 1.165) is 5.56 Å². The molecule has 0 bridgehead atoms. The lowest BCUT2D eigenvalue weighted by Gasteiger charge is -2.43. The number of nitrogens with zero attached hydrogens (tertiary/aromatic N) is 3. The maximum Gasteiger partial charge on any atom is 0.276 e. The molecule has 1 atom stereocenters. The third kappa shape index (κ3) is 4.66. The van der Waals surface area contributed by atoms with Gasteiger partial charge in [-0.25, -0.2) is 9.37 Å². The molecule has 3 amide bonds. The minimum absolute atomic E-state index is 0.0133. The SMILES string of the molecule is CCCN1C(=O)c2c(C(=O)Nc3ccccc3F)ncn2C[C@]1(C)C(=O)NCc1ccc(OC)cc1. The number of methoxy groups -OCH3 is 1. The number of ether oxygens (including phenoxy) is 1. The van der Waals surface area contributed by atoms with Crippen molar-refractivity contribution in [1.82, 2.24) is 19.8 Å². The predicted octanol–water partition coefficient (Wildman–Crippen LogP) is 3.22. The van der Waals surface area contributed by atoms with E-state index in [0.29, 0.717) is 18.7 Å². The number of nitrogens with one attached hydrogen (secondary N) is 2. The second-order valence-electron chi connectivity index (χ2n) is 8.77. The first-order chi connectivity index (χ1) is 17.3. The molecule has 2 aromatic carbocycles. The number of halogens is 1. The maximum atomic E-state index is 14.0. The standard InChI is InChI=1S/C26H28FN5O4/c1-4-13-32-24(34)22-21(23(33)30-20-8-6-5-7-19(20)27)29-16-31(22)15-26(32,2)25(35)28-14-17-9-11-18(36-3)12-10-17/h5-12,16H,4,13-15H2,1-3H3,(H,28,35)(H,30,33)/t26-/m1/s1. The molecule has 3 aromatic rings. The van der Waals surface area contributed by atoms with Crippen LogP contribution in [0.1, 0.15) is 46.8 Å². The van der Waals surface area contributed by atoms with Crippen LogP contribution >= 0.6 is 0 Å². The van der Waals surface area contributed by atoms with Crippen molar-refractivity contribution in [2.45, 2.75) is 38.9 Å². The van der Waals surface area contributed by atoms with E-state index in [4.69, 9.17) is 4.74 Å². The molecule has 0 fully saturated rings. The summed E-state index contributed by atoms with van der Waals surface area (Å²) in [5, 5.41) is 5.40. The summed E-state index contributed by atoms with van der Waals surface area (Å²) in [6.07, 6.45) is 1.97. The summed E-state index contributed by atoms with van der Waals surface area (Å²) >= 11 is 0. The fourth-order valence-electron chi connectivity index (χ4n) is 4.29. The lowest BCUT2D eigenvalue weighted by Crippen LogP contribution is -2.64. The Bertz CT molecular complexity index is 1290. The Kier molecular flexibility index (Phi) is 7.05. The fourth-order valence-corrected chi connectivity index (χ4v) is 4.29. The first-order valence-corrected chi connectivity index (χ1v) is 11.6. The van der Waals surface area contributed by atoms with Gasteiger partial charge in [0.1, 0.15) is 22.8 Å². The Balaban J connectivity index is 1.57. The molecule has 2 heterocycles. The van der Waals surface area contributed by atoms with Crippen LogP contribution in [-0.2, 0) is 17.9 Å². The van der Waals surface area contributed by atoms with Crippen molar-refractivity contribution < 1.29 is 23.5 Å². The van der Waals surface area contributed by atoms with Crippen LogP contribution in [0.25, 0.3) is 0 Å². The van der Waals surface area contributed by atoms with Crippen LogP contribution in [-0.4, -0.2) is 51.4 Å². The Morgan fingerprint density at radius 3 is 2.56 bits per heavy atom. The monoisotopic (exact) mass is 493 g/mol. The van der Waals surface area contributed by atoms with Crippen molar-refractivity contribution in [3.8, 4) is 5.75 Å². The van der Waals surface area contributed by atoms with Gasteiger partial charge >= 0.3 is 0 Å². The normalized spacial score (nSPS) is 16.9. The maximum absolute atomic E-state index is 14.0. The van der Waals surface area contributed by atoms with Gasteiger partial charge in [0.25, 0.3) is 11.8 Å². The molecule has 1 aliphatic heterocycles. The van der Waals surface area contributed by atoms with Crippen LogP contribution in [0.15, 0.2) is 54.9 Å². The van der Waals surface area contributed by atoms with E-state index in [-0.39, 0.29) is 36.1 Å². The van der Waals surface area contributed by atoms with Crippen molar-refractivity contribution in [2.24, 2.45) is 0 Å². The van der Waals surface area contributed by atoms with Crippen LogP contribution < -0.4 is 15.4 Å². The molecule has 0 unspecified atom stereocenters. The number of para-hydroxylation sites is 1. The predicted molar refractivity (Wildman–Crippen MR) is 131 cm³/mol. The number of hydrogen-bond acceptors (Lipinski definition) is 5. The average molecular weight is 494 g/mol. The number of imidazole rings is 1. The minimum Gasteiger partial charge on any atom is -0.497 e. The van der Waals surface area contributed by atoms with Crippen molar-refractivity contribution in [3.05, 3.63) is 77.6 Å². The van der Waals surface area contributed by atoms with E-state index in [2.05, 4.69) is 15.6 Å². The Morgan fingerprint density at radius 1 is 1.17 bits per heavy atom. The zero-order valence-electron chi connectivity index (χ0n) is 20.4. The molecule has 0 spiro atoms. The van der Waals surface area contributed by atoms with E-state index in [1.54, 1.807) is 20.1 Å². The molecule has 9 nitrogen and oxygen atoms in total. The van der Waals surface area contributed by atoms with Gasteiger partial charge in [0.2, 0.25) is 5.91 Å². The third-order valence-corrected chi connectivity index (χ3v) is 6.25. The zero-order valence-corrected chi connectivity index (χ0v) is 20.4. The van der Waals surface area contributed by atoms with Crippen molar-refractivity contribution in [2.75, 3.05) is 19.0 Å². The summed E-state index contributed by atoms with van der Waals surface area (Å²) in [6, 6.07) is 13.1. The highest BCUT2D eigenvalue weighted by Crippen LogP contribution is 2.29. The number of carbonyl (C=O) groups is 3. The van der Waals surface area contributed by atoms with Gasteiger partial charge in [0, 0.05) is 13.1 Å². The van der Waals surface area contributed by atoms with Crippen molar-refractivity contribution >= 4 is 23.4 Å². The third-order valence-electron chi connectivity index (χ3n) is 6.25. The van der Waals surface area contributed by atoms with Gasteiger partial charge in [-0.1, -0.05) is 31.2 Å². The highest BCUT2D eigenvalue weighted by atomic mass is 19.1. The van der Waals surface area contributed by atoms with Crippen molar-refractivity contribution in [1.29, 1.82) is 0 Å². The molecule has 1 aromatic heterocycles. The molecule has 188 valence electrons. The summed E-state index contributed by atoms with van der Waals surface area (Å²) in [5.41, 5.74) is -0.386.